The van der Waals surface area contributed by atoms with Crippen molar-refractivity contribution in [2.45, 2.75) is 17.8 Å². The number of thioether (sulfide) groups is 1. The Kier molecular flexibility index (Phi) is 4.49. The topological polar surface area (TPSA) is 95.9 Å². The number of rotatable bonds is 6. The van der Waals surface area contributed by atoms with Gasteiger partial charge in [0, 0.05) is 5.69 Å². The molecule has 0 amide bonds. The van der Waals surface area contributed by atoms with Crippen LogP contribution < -0.4 is 0 Å². The maximum atomic E-state index is 5.46. The Morgan fingerprint density at radius 1 is 0.966 bits per heavy atom. The molecule has 0 unspecified atom stereocenters. The molecule has 9 heteroatoms. The summed E-state index contributed by atoms with van der Waals surface area (Å²) in [5, 5.41) is 13.5. The van der Waals surface area contributed by atoms with Crippen molar-refractivity contribution in [3.63, 3.8) is 0 Å². The van der Waals surface area contributed by atoms with Gasteiger partial charge in [-0.3, -0.25) is 4.57 Å². The average molecular weight is 405 g/mol. The molecule has 144 valence electrons. The van der Waals surface area contributed by atoms with Crippen molar-refractivity contribution < 1.29 is 13.4 Å². The molecule has 5 aromatic rings. The Balaban J connectivity index is 1.46. The second-order valence-corrected chi connectivity index (χ2v) is 7.09. The van der Waals surface area contributed by atoms with Gasteiger partial charge in [-0.1, -0.05) is 35.1 Å². The van der Waals surface area contributed by atoms with Gasteiger partial charge in [-0.25, -0.2) is 0 Å². The zero-order chi connectivity index (χ0) is 19.6. The van der Waals surface area contributed by atoms with E-state index in [1.807, 2.05) is 47.9 Å². The minimum atomic E-state index is 0.421. The molecule has 0 saturated carbocycles. The SMILES string of the molecule is Cc1occc1-c1nnc(SCc2nc(-c3ccco3)no2)n1-c1ccccc1. The number of nitrogens with zero attached hydrogens (tertiary/aromatic N) is 5. The lowest BCUT2D eigenvalue weighted by Gasteiger charge is -2.09. The Hall–Kier alpha value is -3.59. The van der Waals surface area contributed by atoms with Crippen LogP contribution in [0.15, 0.2) is 79.6 Å². The van der Waals surface area contributed by atoms with Crippen molar-refractivity contribution in [3.8, 4) is 28.7 Å². The first-order chi connectivity index (χ1) is 14.3. The predicted octanol–water partition coefficient (Wildman–Crippen LogP) is 4.77. The van der Waals surface area contributed by atoms with E-state index < -0.39 is 0 Å². The molecule has 5 rings (SSSR count). The quantitative estimate of drug-likeness (QED) is 0.373. The fourth-order valence-corrected chi connectivity index (χ4v) is 3.70. The molecule has 0 bridgehead atoms. The number of aromatic nitrogens is 5. The van der Waals surface area contributed by atoms with Gasteiger partial charge in [0.05, 0.1) is 23.8 Å². The number of benzene rings is 1. The van der Waals surface area contributed by atoms with Crippen molar-refractivity contribution in [1.82, 2.24) is 24.9 Å². The third-order valence-corrected chi connectivity index (χ3v) is 5.20. The van der Waals surface area contributed by atoms with Crippen LogP contribution in [0, 0.1) is 6.92 Å². The Bertz CT molecular complexity index is 1220. The van der Waals surface area contributed by atoms with Gasteiger partial charge in [-0.05, 0) is 37.3 Å². The van der Waals surface area contributed by atoms with Crippen LogP contribution >= 0.6 is 11.8 Å². The first kappa shape index (κ1) is 17.5. The lowest BCUT2D eigenvalue weighted by molar-refractivity contribution is 0.390. The van der Waals surface area contributed by atoms with Crippen LogP contribution in [0.4, 0.5) is 0 Å². The number of furan rings is 2. The van der Waals surface area contributed by atoms with Crippen LogP contribution in [0.25, 0.3) is 28.7 Å². The van der Waals surface area contributed by atoms with Gasteiger partial charge >= 0.3 is 0 Å². The van der Waals surface area contributed by atoms with Gasteiger partial charge in [0.2, 0.25) is 11.7 Å². The van der Waals surface area contributed by atoms with E-state index in [1.54, 1.807) is 24.7 Å². The minimum Gasteiger partial charge on any atom is -0.469 e. The van der Waals surface area contributed by atoms with E-state index in [9.17, 15) is 0 Å². The van der Waals surface area contributed by atoms with Crippen molar-refractivity contribution in [3.05, 3.63) is 72.7 Å². The number of hydrogen-bond acceptors (Lipinski definition) is 8. The third-order valence-electron chi connectivity index (χ3n) is 4.28. The summed E-state index contributed by atoms with van der Waals surface area (Å²) >= 11 is 1.46. The molecular weight excluding hydrogens is 390 g/mol. The van der Waals surface area contributed by atoms with E-state index in [0.717, 1.165) is 17.0 Å². The molecule has 0 radical (unpaired) electrons. The molecule has 1 aromatic carbocycles. The van der Waals surface area contributed by atoms with Gasteiger partial charge < -0.3 is 13.4 Å². The molecule has 8 nitrogen and oxygen atoms in total. The highest BCUT2D eigenvalue weighted by atomic mass is 32.2. The fraction of sp³-hybridized carbons (Fsp3) is 0.100. The lowest BCUT2D eigenvalue weighted by Crippen LogP contribution is -1.99. The zero-order valence-electron chi connectivity index (χ0n) is 15.3. The summed E-state index contributed by atoms with van der Waals surface area (Å²) in [5.74, 6) is 3.41. The van der Waals surface area contributed by atoms with Gasteiger partial charge in [-0.15, -0.1) is 10.2 Å². The average Bonchev–Trinajstić information content (AvgIpc) is 3.52. The predicted molar refractivity (Wildman–Crippen MR) is 105 cm³/mol. The molecular formula is C20H15N5O3S. The Morgan fingerprint density at radius 2 is 1.86 bits per heavy atom. The molecule has 0 saturated heterocycles. The first-order valence-electron chi connectivity index (χ1n) is 8.84. The highest BCUT2D eigenvalue weighted by Gasteiger charge is 2.20. The minimum absolute atomic E-state index is 0.421. The van der Waals surface area contributed by atoms with E-state index in [1.165, 1.54) is 11.8 Å². The highest BCUT2D eigenvalue weighted by molar-refractivity contribution is 7.98. The molecule has 0 aliphatic heterocycles. The summed E-state index contributed by atoms with van der Waals surface area (Å²) in [6.45, 7) is 1.90. The van der Waals surface area contributed by atoms with E-state index in [2.05, 4.69) is 20.3 Å². The van der Waals surface area contributed by atoms with E-state index in [4.69, 9.17) is 13.4 Å². The van der Waals surface area contributed by atoms with Crippen LogP contribution in [0.3, 0.4) is 0 Å². The molecule has 0 spiro atoms. The largest absolute Gasteiger partial charge is 0.469 e. The Labute approximate surface area is 169 Å². The van der Waals surface area contributed by atoms with Gasteiger partial charge in [-0.2, -0.15) is 4.98 Å². The van der Waals surface area contributed by atoms with Gasteiger partial charge in [0.25, 0.3) is 0 Å². The number of aryl methyl sites for hydroxylation is 1. The first-order valence-corrected chi connectivity index (χ1v) is 9.83. The maximum Gasteiger partial charge on any atom is 0.238 e. The van der Waals surface area contributed by atoms with Crippen molar-refractivity contribution in [2.24, 2.45) is 0 Å². The second kappa shape index (κ2) is 7.44. The van der Waals surface area contributed by atoms with Gasteiger partial charge in [0.1, 0.15) is 5.76 Å². The summed E-state index contributed by atoms with van der Waals surface area (Å²) in [5.41, 5.74) is 1.85. The molecule has 0 aliphatic carbocycles. The zero-order valence-corrected chi connectivity index (χ0v) is 16.2. The van der Waals surface area contributed by atoms with E-state index >= 15 is 0 Å². The van der Waals surface area contributed by atoms with Gasteiger partial charge in [0.15, 0.2) is 16.7 Å². The molecule has 0 aliphatic rings. The number of para-hydroxylation sites is 1. The number of hydrogen-bond donors (Lipinski definition) is 0. The molecule has 0 atom stereocenters. The summed E-state index contributed by atoms with van der Waals surface area (Å²) in [6, 6.07) is 15.4. The summed E-state index contributed by atoms with van der Waals surface area (Å²) in [7, 11) is 0. The van der Waals surface area contributed by atoms with Crippen LogP contribution in [-0.2, 0) is 5.75 Å². The lowest BCUT2D eigenvalue weighted by atomic mass is 10.2. The maximum absolute atomic E-state index is 5.46. The molecule has 0 fully saturated rings. The van der Waals surface area contributed by atoms with E-state index in [0.29, 0.717) is 34.2 Å². The van der Waals surface area contributed by atoms with Crippen LogP contribution in [0.2, 0.25) is 0 Å². The van der Waals surface area contributed by atoms with Crippen LogP contribution in [-0.4, -0.2) is 24.9 Å². The molecule has 0 N–H and O–H groups in total. The highest BCUT2D eigenvalue weighted by Crippen LogP contribution is 2.31. The van der Waals surface area contributed by atoms with Crippen molar-refractivity contribution in [1.29, 1.82) is 0 Å². The fourth-order valence-electron chi connectivity index (χ4n) is 2.91. The standard InChI is InChI=1S/C20H15N5O3S/c1-13-15(9-11-26-13)19-22-23-20(25(19)14-6-3-2-4-7-14)29-12-17-21-18(24-28-17)16-8-5-10-27-16/h2-11H,12H2,1H3. The second-order valence-electron chi connectivity index (χ2n) is 6.15. The normalized spacial score (nSPS) is 11.2. The van der Waals surface area contributed by atoms with Crippen molar-refractivity contribution >= 4 is 11.8 Å². The summed E-state index contributed by atoms with van der Waals surface area (Å²) < 4.78 is 18.1. The molecule has 4 heterocycles. The van der Waals surface area contributed by atoms with Crippen LogP contribution in [0.1, 0.15) is 11.7 Å². The smallest absolute Gasteiger partial charge is 0.238 e. The van der Waals surface area contributed by atoms with Crippen molar-refractivity contribution in [2.75, 3.05) is 0 Å². The monoisotopic (exact) mass is 405 g/mol. The van der Waals surface area contributed by atoms with E-state index in [-0.39, 0.29) is 0 Å². The Morgan fingerprint density at radius 3 is 2.62 bits per heavy atom. The van der Waals surface area contributed by atoms with Crippen LogP contribution in [0.5, 0.6) is 0 Å². The molecule has 4 aromatic heterocycles. The molecule has 29 heavy (non-hydrogen) atoms. The third kappa shape index (κ3) is 3.36. The summed E-state index contributed by atoms with van der Waals surface area (Å²) in [4.78, 5) is 4.38. The summed E-state index contributed by atoms with van der Waals surface area (Å²) in [6.07, 6.45) is 3.22.